The van der Waals surface area contributed by atoms with Gasteiger partial charge in [-0.1, -0.05) is 54.6 Å². The molecule has 3 atom stereocenters. The first kappa shape index (κ1) is 17.7. The monoisotopic (exact) mass is 336 g/mol. The third-order valence-corrected chi connectivity index (χ3v) is 5.21. The Kier molecular flexibility index (Phi) is 5.57. The number of piperazine rings is 1. The molecule has 1 N–H and O–H groups in total. The summed E-state index contributed by atoms with van der Waals surface area (Å²) in [6, 6.07) is 19.1. The quantitative estimate of drug-likeness (QED) is 0.834. The summed E-state index contributed by atoms with van der Waals surface area (Å²) in [6.07, 6.45) is 1.98. The van der Waals surface area contributed by atoms with Crippen LogP contribution in [0.3, 0.4) is 0 Å². The standard InChI is InChI=1S/C22H28N2O/c1-4-14-23-15-18(3)24(16-17(23)2)22(19-10-6-5-7-11-19)20-12-8-9-13-21(20)25/h4-13,17-18,22,25H,1,14-16H2,2-3H3/t17-,18-,22+/m0/s1. The molecule has 2 aromatic rings. The highest BCUT2D eigenvalue weighted by molar-refractivity contribution is 5.41. The van der Waals surface area contributed by atoms with Crippen molar-refractivity contribution >= 4 is 0 Å². The van der Waals surface area contributed by atoms with Gasteiger partial charge in [0.1, 0.15) is 5.75 Å². The second kappa shape index (κ2) is 7.85. The van der Waals surface area contributed by atoms with Crippen molar-refractivity contribution in [1.82, 2.24) is 9.80 Å². The molecule has 1 heterocycles. The van der Waals surface area contributed by atoms with Gasteiger partial charge in [0.05, 0.1) is 6.04 Å². The van der Waals surface area contributed by atoms with Crippen LogP contribution in [-0.2, 0) is 0 Å². The van der Waals surface area contributed by atoms with E-state index in [0.717, 1.165) is 25.2 Å². The minimum atomic E-state index is 0.0609. The fraction of sp³-hybridized carbons (Fsp3) is 0.364. The lowest BCUT2D eigenvalue weighted by Gasteiger charge is -2.47. The van der Waals surface area contributed by atoms with Crippen molar-refractivity contribution in [3.8, 4) is 5.75 Å². The minimum Gasteiger partial charge on any atom is -0.508 e. The molecule has 2 aromatic carbocycles. The molecule has 3 nitrogen and oxygen atoms in total. The molecule has 0 aromatic heterocycles. The van der Waals surface area contributed by atoms with E-state index in [1.165, 1.54) is 5.56 Å². The van der Waals surface area contributed by atoms with Gasteiger partial charge in [-0.05, 0) is 25.5 Å². The summed E-state index contributed by atoms with van der Waals surface area (Å²) in [5, 5.41) is 10.5. The van der Waals surface area contributed by atoms with Gasteiger partial charge in [0, 0.05) is 37.3 Å². The number of nitrogens with zero attached hydrogens (tertiary/aromatic N) is 2. The number of hydrogen-bond donors (Lipinski definition) is 1. The molecule has 0 spiro atoms. The lowest BCUT2D eigenvalue weighted by molar-refractivity contribution is 0.0301. The first-order valence-electron chi connectivity index (χ1n) is 9.05. The second-order valence-corrected chi connectivity index (χ2v) is 7.01. The highest BCUT2D eigenvalue weighted by atomic mass is 16.3. The van der Waals surface area contributed by atoms with Gasteiger partial charge in [0.15, 0.2) is 0 Å². The highest BCUT2D eigenvalue weighted by Gasteiger charge is 2.35. The average molecular weight is 336 g/mol. The average Bonchev–Trinajstić information content (AvgIpc) is 2.62. The van der Waals surface area contributed by atoms with E-state index in [-0.39, 0.29) is 6.04 Å². The molecule has 1 fully saturated rings. The van der Waals surface area contributed by atoms with Gasteiger partial charge >= 0.3 is 0 Å². The molecule has 0 amide bonds. The van der Waals surface area contributed by atoms with E-state index in [4.69, 9.17) is 0 Å². The van der Waals surface area contributed by atoms with Gasteiger partial charge in [-0.2, -0.15) is 0 Å². The highest BCUT2D eigenvalue weighted by Crippen LogP contribution is 2.37. The molecule has 3 heteroatoms. The lowest BCUT2D eigenvalue weighted by Crippen LogP contribution is -2.57. The Balaban J connectivity index is 1.98. The Labute approximate surface area is 151 Å². The summed E-state index contributed by atoms with van der Waals surface area (Å²) in [5.74, 6) is 0.365. The smallest absolute Gasteiger partial charge is 0.120 e. The van der Waals surface area contributed by atoms with Crippen molar-refractivity contribution in [2.45, 2.75) is 32.0 Å². The molecule has 3 rings (SSSR count). The maximum Gasteiger partial charge on any atom is 0.120 e. The molecule has 0 unspecified atom stereocenters. The molecule has 1 saturated heterocycles. The Hall–Kier alpha value is -2.10. The van der Waals surface area contributed by atoms with E-state index in [0.29, 0.717) is 17.8 Å². The van der Waals surface area contributed by atoms with Gasteiger partial charge in [-0.15, -0.1) is 6.58 Å². The molecule has 1 aliphatic heterocycles. The first-order valence-corrected chi connectivity index (χ1v) is 9.05. The largest absolute Gasteiger partial charge is 0.508 e. The SMILES string of the molecule is C=CCN1C[C@H](C)N([C@H](c2ccccc2)c2ccccc2O)C[C@@H]1C. The molecular weight excluding hydrogens is 308 g/mol. The van der Waals surface area contributed by atoms with Crippen LogP contribution < -0.4 is 0 Å². The molecule has 1 aliphatic rings. The predicted octanol–water partition coefficient (Wildman–Crippen LogP) is 4.06. The van der Waals surface area contributed by atoms with Crippen molar-refractivity contribution in [3.63, 3.8) is 0 Å². The van der Waals surface area contributed by atoms with Crippen molar-refractivity contribution in [3.05, 3.63) is 78.4 Å². The van der Waals surface area contributed by atoms with Crippen LogP contribution in [-0.4, -0.2) is 46.6 Å². The second-order valence-electron chi connectivity index (χ2n) is 7.01. The summed E-state index contributed by atoms with van der Waals surface area (Å²) in [7, 11) is 0. The third-order valence-electron chi connectivity index (χ3n) is 5.21. The van der Waals surface area contributed by atoms with E-state index in [2.05, 4.69) is 54.5 Å². The van der Waals surface area contributed by atoms with E-state index in [1.54, 1.807) is 6.07 Å². The summed E-state index contributed by atoms with van der Waals surface area (Å²) in [5.41, 5.74) is 2.20. The number of aromatic hydroxyl groups is 1. The number of phenols is 1. The van der Waals surface area contributed by atoms with Crippen LogP contribution in [0.4, 0.5) is 0 Å². The number of benzene rings is 2. The summed E-state index contributed by atoms with van der Waals surface area (Å²) < 4.78 is 0. The zero-order chi connectivity index (χ0) is 17.8. The maximum absolute atomic E-state index is 10.5. The zero-order valence-electron chi connectivity index (χ0n) is 15.2. The molecule has 0 saturated carbocycles. The van der Waals surface area contributed by atoms with E-state index < -0.39 is 0 Å². The Morgan fingerprint density at radius 3 is 2.40 bits per heavy atom. The van der Waals surface area contributed by atoms with Crippen molar-refractivity contribution < 1.29 is 5.11 Å². The van der Waals surface area contributed by atoms with Crippen LogP contribution in [0.5, 0.6) is 5.75 Å². The molecular formula is C22H28N2O. The fourth-order valence-corrected chi connectivity index (χ4v) is 3.91. The van der Waals surface area contributed by atoms with Gasteiger partial charge in [-0.3, -0.25) is 9.80 Å². The van der Waals surface area contributed by atoms with Crippen LogP contribution in [0, 0.1) is 0 Å². The number of phenolic OH excluding ortho intramolecular Hbond substituents is 1. The summed E-state index contributed by atoms with van der Waals surface area (Å²) in [4.78, 5) is 5.00. The lowest BCUT2D eigenvalue weighted by atomic mass is 9.93. The summed E-state index contributed by atoms with van der Waals surface area (Å²) >= 11 is 0. The zero-order valence-corrected chi connectivity index (χ0v) is 15.2. The Bertz CT molecular complexity index is 700. The molecule has 0 aliphatic carbocycles. The number of hydrogen-bond acceptors (Lipinski definition) is 3. The molecule has 25 heavy (non-hydrogen) atoms. The van der Waals surface area contributed by atoms with Crippen LogP contribution in [0.1, 0.15) is 31.0 Å². The summed E-state index contributed by atoms with van der Waals surface area (Å²) in [6.45, 7) is 11.3. The molecule has 132 valence electrons. The predicted molar refractivity (Wildman–Crippen MR) is 104 cm³/mol. The van der Waals surface area contributed by atoms with Crippen molar-refractivity contribution in [1.29, 1.82) is 0 Å². The third kappa shape index (κ3) is 3.78. The van der Waals surface area contributed by atoms with Gasteiger partial charge in [0.2, 0.25) is 0 Å². The fourth-order valence-electron chi connectivity index (χ4n) is 3.91. The first-order chi connectivity index (χ1) is 12.1. The minimum absolute atomic E-state index is 0.0609. The Morgan fingerprint density at radius 2 is 1.72 bits per heavy atom. The Morgan fingerprint density at radius 1 is 1.04 bits per heavy atom. The van der Waals surface area contributed by atoms with Crippen LogP contribution in [0.15, 0.2) is 67.3 Å². The van der Waals surface area contributed by atoms with E-state index in [1.807, 2.05) is 30.3 Å². The van der Waals surface area contributed by atoms with E-state index in [9.17, 15) is 5.11 Å². The van der Waals surface area contributed by atoms with E-state index >= 15 is 0 Å². The van der Waals surface area contributed by atoms with Crippen LogP contribution in [0.2, 0.25) is 0 Å². The van der Waals surface area contributed by atoms with Crippen molar-refractivity contribution in [2.75, 3.05) is 19.6 Å². The number of rotatable bonds is 5. The number of para-hydroxylation sites is 1. The van der Waals surface area contributed by atoms with Gasteiger partial charge < -0.3 is 5.11 Å². The topological polar surface area (TPSA) is 26.7 Å². The van der Waals surface area contributed by atoms with Gasteiger partial charge in [-0.25, -0.2) is 0 Å². The van der Waals surface area contributed by atoms with Crippen LogP contribution >= 0.6 is 0 Å². The maximum atomic E-state index is 10.5. The molecule has 0 bridgehead atoms. The normalized spacial score (nSPS) is 23.3. The van der Waals surface area contributed by atoms with Crippen molar-refractivity contribution in [2.24, 2.45) is 0 Å². The van der Waals surface area contributed by atoms with Gasteiger partial charge in [0.25, 0.3) is 0 Å². The van der Waals surface area contributed by atoms with Crippen LogP contribution in [0.25, 0.3) is 0 Å². The molecule has 0 radical (unpaired) electrons.